The van der Waals surface area contributed by atoms with E-state index in [2.05, 4.69) is 15.3 Å². The first-order chi connectivity index (χ1) is 12.6. The number of carbonyl (C=O) groups excluding carboxylic acids is 1. The molecule has 0 aliphatic carbocycles. The zero-order valence-electron chi connectivity index (χ0n) is 13.9. The highest BCUT2D eigenvalue weighted by atomic mass is 32.1. The number of halogens is 1. The third-order valence-electron chi connectivity index (χ3n) is 3.92. The van der Waals surface area contributed by atoms with Gasteiger partial charge < -0.3 is 5.32 Å². The van der Waals surface area contributed by atoms with Gasteiger partial charge in [-0.15, -0.1) is 11.3 Å². The zero-order valence-corrected chi connectivity index (χ0v) is 14.8. The van der Waals surface area contributed by atoms with Gasteiger partial charge in [-0.25, -0.2) is 14.4 Å². The van der Waals surface area contributed by atoms with E-state index in [4.69, 9.17) is 0 Å². The molecular formula is C19H15FN4OS. The molecule has 130 valence electrons. The molecule has 4 aromatic rings. The van der Waals surface area contributed by atoms with Gasteiger partial charge in [-0.3, -0.25) is 9.20 Å². The molecule has 3 heterocycles. The van der Waals surface area contributed by atoms with Crippen LogP contribution in [0.1, 0.15) is 11.4 Å². The third-order valence-corrected chi connectivity index (χ3v) is 4.81. The molecule has 7 heteroatoms. The van der Waals surface area contributed by atoms with Gasteiger partial charge in [0.25, 0.3) is 0 Å². The molecule has 0 saturated carbocycles. The fourth-order valence-electron chi connectivity index (χ4n) is 2.68. The van der Waals surface area contributed by atoms with Crippen molar-refractivity contribution in [2.75, 3.05) is 5.32 Å². The van der Waals surface area contributed by atoms with Crippen LogP contribution in [0.2, 0.25) is 0 Å². The van der Waals surface area contributed by atoms with Gasteiger partial charge in [0.2, 0.25) is 5.91 Å². The standard InChI is InChI=1S/C19H15FN4OS/c1-12-3-2-4-17(21-12)23-18(25)9-15-11-26-19-22-16(10-24(15)19)13-5-7-14(20)8-6-13/h2-8,10-11H,9H2,1H3,(H,21,23,25). The maximum absolute atomic E-state index is 13.1. The molecule has 0 atom stereocenters. The summed E-state index contributed by atoms with van der Waals surface area (Å²) in [5, 5.41) is 4.73. The molecule has 0 aliphatic heterocycles. The summed E-state index contributed by atoms with van der Waals surface area (Å²) >= 11 is 1.47. The van der Waals surface area contributed by atoms with Crippen molar-refractivity contribution in [2.24, 2.45) is 0 Å². The Morgan fingerprint density at radius 2 is 2.00 bits per heavy atom. The number of thiazole rings is 1. The van der Waals surface area contributed by atoms with E-state index in [-0.39, 0.29) is 18.1 Å². The molecular weight excluding hydrogens is 351 g/mol. The lowest BCUT2D eigenvalue weighted by molar-refractivity contribution is -0.115. The molecule has 0 spiro atoms. The Bertz CT molecular complexity index is 1080. The van der Waals surface area contributed by atoms with Gasteiger partial charge in [0.1, 0.15) is 11.6 Å². The van der Waals surface area contributed by atoms with E-state index in [1.165, 1.54) is 23.5 Å². The van der Waals surface area contributed by atoms with Gasteiger partial charge in [0.05, 0.1) is 12.1 Å². The van der Waals surface area contributed by atoms with E-state index in [1.54, 1.807) is 18.2 Å². The first-order valence-corrected chi connectivity index (χ1v) is 8.91. The van der Waals surface area contributed by atoms with E-state index in [1.807, 2.05) is 35.0 Å². The van der Waals surface area contributed by atoms with Crippen LogP contribution in [0.5, 0.6) is 0 Å². The van der Waals surface area contributed by atoms with Crippen LogP contribution in [-0.2, 0) is 11.2 Å². The molecule has 1 N–H and O–H groups in total. The third kappa shape index (κ3) is 3.34. The van der Waals surface area contributed by atoms with Gasteiger partial charge in [-0.1, -0.05) is 6.07 Å². The zero-order chi connectivity index (χ0) is 18.1. The summed E-state index contributed by atoms with van der Waals surface area (Å²) < 4.78 is 15.0. The first-order valence-electron chi connectivity index (χ1n) is 8.03. The Morgan fingerprint density at radius 1 is 1.19 bits per heavy atom. The Morgan fingerprint density at radius 3 is 2.77 bits per heavy atom. The first kappa shape index (κ1) is 16.4. The van der Waals surface area contributed by atoms with Crippen LogP contribution in [0.4, 0.5) is 10.2 Å². The molecule has 1 aromatic carbocycles. The average molecular weight is 366 g/mol. The van der Waals surface area contributed by atoms with Crippen LogP contribution in [0.3, 0.4) is 0 Å². The van der Waals surface area contributed by atoms with Crippen molar-refractivity contribution in [1.29, 1.82) is 0 Å². The van der Waals surface area contributed by atoms with Crippen molar-refractivity contribution in [3.05, 3.63) is 71.2 Å². The number of aryl methyl sites for hydroxylation is 1. The van der Waals surface area contributed by atoms with Crippen molar-refractivity contribution >= 4 is 28.0 Å². The van der Waals surface area contributed by atoms with E-state index in [9.17, 15) is 9.18 Å². The molecule has 3 aromatic heterocycles. The summed E-state index contributed by atoms with van der Waals surface area (Å²) in [4.78, 5) is 21.9. The molecule has 0 radical (unpaired) electrons. The monoisotopic (exact) mass is 366 g/mol. The summed E-state index contributed by atoms with van der Waals surface area (Å²) in [6.07, 6.45) is 2.08. The quantitative estimate of drug-likeness (QED) is 0.592. The number of benzene rings is 1. The molecule has 0 unspecified atom stereocenters. The second-order valence-corrected chi connectivity index (χ2v) is 6.74. The summed E-state index contributed by atoms with van der Waals surface area (Å²) in [6, 6.07) is 11.7. The van der Waals surface area contributed by atoms with Gasteiger partial charge in [-0.05, 0) is 43.3 Å². The lowest BCUT2D eigenvalue weighted by atomic mass is 10.2. The molecule has 0 saturated heterocycles. The van der Waals surface area contributed by atoms with Crippen molar-refractivity contribution in [3.8, 4) is 11.3 Å². The number of aromatic nitrogens is 3. The van der Waals surface area contributed by atoms with E-state index < -0.39 is 0 Å². The number of hydrogen-bond acceptors (Lipinski definition) is 4. The molecule has 5 nitrogen and oxygen atoms in total. The largest absolute Gasteiger partial charge is 0.310 e. The number of imidazole rings is 1. The second kappa shape index (κ2) is 6.68. The van der Waals surface area contributed by atoms with Gasteiger partial charge in [-0.2, -0.15) is 0 Å². The lowest BCUT2D eigenvalue weighted by Crippen LogP contribution is -2.16. The summed E-state index contributed by atoms with van der Waals surface area (Å²) in [6.45, 7) is 1.88. The smallest absolute Gasteiger partial charge is 0.231 e. The SMILES string of the molecule is Cc1cccc(NC(=O)Cc2csc3nc(-c4ccc(F)cc4)cn23)n1. The van der Waals surface area contributed by atoms with E-state index in [0.29, 0.717) is 5.82 Å². The number of fused-ring (bicyclic) bond motifs is 1. The molecule has 0 bridgehead atoms. The summed E-state index contributed by atoms with van der Waals surface area (Å²) in [5.74, 6) is 0.121. The number of carbonyl (C=O) groups is 1. The summed E-state index contributed by atoms with van der Waals surface area (Å²) in [7, 11) is 0. The number of hydrogen-bond donors (Lipinski definition) is 1. The highest BCUT2D eigenvalue weighted by molar-refractivity contribution is 7.15. The number of anilines is 1. The van der Waals surface area contributed by atoms with Crippen LogP contribution in [0.25, 0.3) is 16.2 Å². The van der Waals surface area contributed by atoms with E-state index in [0.717, 1.165) is 27.6 Å². The van der Waals surface area contributed by atoms with Gasteiger partial charge in [0.15, 0.2) is 4.96 Å². The molecule has 26 heavy (non-hydrogen) atoms. The number of amides is 1. The average Bonchev–Trinajstić information content (AvgIpc) is 3.18. The molecule has 4 rings (SSSR count). The minimum absolute atomic E-state index is 0.139. The number of nitrogens with zero attached hydrogens (tertiary/aromatic N) is 3. The maximum atomic E-state index is 13.1. The topological polar surface area (TPSA) is 59.3 Å². The highest BCUT2D eigenvalue weighted by Gasteiger charge is 2.13. The minimum atomic E-state index is -0.281. The fraction of sp³-hybridized carbons (Fsp3) is 0.105. The molecule has 0 aliphatic rings. The normalized spacial score (nSPS) is 11.0. The van der Waals surface area contributed by atoms with Crippen LogP contribution in [0, 0.1) is 12.7 Å². The van der Waals surface area contributed by atoms with Crippen molar-refractivity contribution in [1.82, 2.24) is 14.4 Å². The Labute approximate surface area is 153 Å². The van der Waals surface area contributed by atoms with Crippen LogP contribution in [0.15, 0.2) is 54.0 Å². The predicted molar refractivity (Wildman–Crippen MR) is 99.8 cm³/mol. The molecule has 1 amide bonds. The van der Waals surface area contributed by atoms with Crippen molar-refractivity contribution in [3.63, 3.8) is 0 Å². The number of nitrogens with one attached hydrogen (secondary N) is 1. The predicted octanol–water partition coefficient (Wildman–Crippen LogP) is 4.09. The Hall–Kier alpha value is -3.06. The van der Waals surface area contributed by atoms with Crippen molar-refractivity contribution < 1.29 is 9.18 Å². The number of rotatable bonds is 4. The maximum Gasteiger partial charge on any atom is 0.231 e. The van der Waals surface area contributed by atoms with Crippen LogP contribution in [-0.4, -0.2) is 20.3 Å². The fourth-order valence-corrected chi connectivity index (χ4v) is 3.55. The second-order valence-electron chi connectivity index (χ2n) is 5.90. The molecule has 0 fully saturated rings. The Balaban J connectivity index is 1.55. The summed E-state index contributed by atoms with van der Waals surface area (Å²) in [5.41, 5.74) is 3.27. The van der Waals surface area contributed by atoms with E-state index >= 15 is 0 Å². The minimum Gasteiger partial charge on any atom is -0.310 e. The van der Waals surface area contributed by atoms with Crippen molar-refractivity contribution in [2.45, 2.75) is 13.3 Å². The number of pyridine rings is 1. The van der Waals surface area contributed by atoms with Crippen LogP contribution >= 0.6 is 11.3 Å². The van der Waals surface area contributed by atoms with Crippen LogP contribution < -0.4 is 5.32 Å². The highest BCUT2D eigenvalue weighted by Crippen LogP contribution is 2.24. The lowest BCUT2D eigenvalue weighted by Gasteiger charge is -2.04. The Kier molecular flexibility index (Phi) is 4.22. The van der Waals surface area contributed by atoms with Gasteiger partial charge >= 0.3 is 0 Å². The van der Waals surface area contributed by atoms with Gasteiger partial charge in [0, 0.05) is 28.5 Å².